The Labute approximate surface area is 94.3 Å². The Morgan fingerprint density at radius 2 is 2.33 bits per heavy atom. The van der Waals surface area contributed by atoms with Crippen molar-refractivity contribution < 1.29 is 13.2 Å². The van der Waals surface area contributed by atoms with Gasteiger partial charge in [-0.2, -0.15) is 13.2 Å². The number of nitrogens with zero attached hydrogens (tertiary/aromatic N) is 1. The summed E-state index contributed by atoms with van der Waals surface area (Å²) in [7, 11) is 0. The SMILES string of the molecule is CC(NCCSC(F)(F)F)c1cscn1. The van der Waals surface area contributed by atoms with E-state index in [1.807, 2.05) is 12.3 Å². The summed E-state index contributed by atoms with van der Waals surface area (Å²) in [6, 6.07) is 0.00471. The standard InChI is InChI=1S/C8H11F3N2S2/c1-6(7-4-14-5-13-7)12-2-3-15-8(9,10)11/h4-6,12H,2-3H2,1H3. The predicted octanol–water partition coefficient (Wildman–Crippen LogP) is 3.05. The summed E-state index contributed by atoms with van der Waals surface area (Å²) in [6.07, 6.45) is 0. The van der Waals surface area contributed by atoms with Crippen molar-refractivity contribution in [2.45, 2.75) is 18.5 Å². The number of rotatable bonds is 5. The van der Waals surface area contributed by atoms with E-state index in [1.165, 1.54) is 11.3 Å². The normalized spacial score (nSPS) is 14.1. The van der Waals surface area contributed by atoms with Crippen LogP contribution in [0.25, 0.3) is 0 Å². The molecule has 0 bridgehead atoms. The van der Waals surface area contributed by atoms with Gasteiger partial charge in [-0.05, 0) is 18.7 Å². The third kappa shape index (κ3) is 5.39. The van der Waals surface area contributed by atoms with Crippen molar-refractivity contribution in [2.24, 2.45) is 0 Å². The summed E-state index contributed by atoms with van der Waals surface area (Å²) in [5.41, 5.74) is -1.55. The van der Waals surface area contributed by atoms with Crippen molar-refractivity contribution >= 4 is 23.1 Å². The molecule has 0 spiro atoms. The van der Waals surface area contributed by atoms with E-state index in [2.05, 4.69) is 10.3 Å². The van der Waals surface area contributed by atoms with E-state index in [-0.39, 0.29) is 23.6 Å². The number of halogens is 3. The smallest absolute Gasteiger partial charge is 0.308 e. The highest BCUT2D eigenvalue weighted by Crippen LogP contribution is 2.29. The Balaban J connectivity index is 2.16. The van der Waals surface area contributed by atoms with Crippen molar-refractivity contribution in [3.63, 3.8) is 0 Å². The van der Waals surface area contributed by atoms with Crippen LogP contribution in [0.15, 0.2) is 10.9 Å². The molecular weight excluding hydrogens is 245 g/mol. The fourth-order valence-corrected chi connectivity index (χ4v) is 2.08. The average molecular weight is 256 g/mol. The molecular formula is C8H11F3N2S2. The van der Waals surface area contributed by atoms with Crippen LogP contribution in [-0.2, 0) is 0 Å². The molecule has 0 fully saturated rings. The second-order valence-electron chi connectivity index (χ2n) is 2.88. The maximum atomic E-state index is 11.8. The van der Waals surface area contributed by atoms with Gasteiger partial charge in [0.15, 0.2) is 0 Å². The zero-order valence-corrected chi connectivity index (χ0v) is 9.68. The molecule has 1 aromatic heterocycles. The second kappa shape index (κ2) is 5.72. The molecule has 0 aromatic carbocycles. The van der Waals surface area contributed by atoms with Crippen LogP contribution in [0.4, 0.5) is 13.2 Å². The fourth-order valence-electron chi connectivity index (χ4n) is 0.982. The van der Waals surface area contributed by atoms with Gasteiger partial charge in [-0.1, -0.05) is 0 Å². The first kappa shape index (κ1) is 12.8. The van der Waals surface area contributed by atoms with Crippen molar-refractivity contribution in [3.05, 3.63) is 16.6 Å². The molecule has 1 rings (SSSR count). The lowest BCUT2D eigenvalue weighted by molar-refractivity contribution is -0.0327. The van der Waals surface area contributed by atoms with Crippen molar-refractivity contribution in [1.29, 1.82) is 0 Å². The molecule has 86 valence electrons. The molecule has 2 nitrogen and oxygen atoms in total. The third-order valence-corrected chi connectivity index (χ3v) is 3.05. The maximum absolute atomic E-state index is 11.8. The Hall–Kier alpha value is -0.270. The van der Waals surface area contributed by atoms with Gasteiger partial charge in [-0.15, -0.1) is 11.3 Å². The van der Waals surface area contributed by atoms with Gasteiger partial charge < -0.3 is 5.32 Å². The van der Waals surface area contributed by atoms with Gasteiger partial charge in [-0.3, -0.25) is 0 Å². The number of aromatic nitrogens is 1. The Bertz CT molecular complexity index is 274. The zero-order valence-electron chi connectivity index (χ0n) is 8.04. The van der Waals surface area contributed by atoms with Gasteiger partial charge in [-0.25, -0.2) is 4.98 Å². The predicted molar refractivity (Wildman–Crippen MR) is 57.0 cm³/mol. The van der Waals surface area contributed by atoms with E-state index in [4.69, 9.17) is 0 Å². The van der Waals surface area contributed by atoms with Crippen LogP contribution in [-0.4, -0.2) is 22.8 Å². The van der Waals surface area contributed by atoms with E-state index in [9.17, 15) is 13.2 Å². The summed E-state index contributed by atoms with van der Waals surface area (Å²) in [6.45, 7) is 2.20. The minimum Gasteiger partial charge on any atom is -0.308 e. The number of nitrogens with one attached hydrogen (secondary N) is 1. The van der Waals surface area contributed by atoms with Crippen LogP contribution in [0, 0.1) is 0 Å². The largest absolute Gasteiger partial charge is 0.441 e. The van der Waals surface area contributed by atoms with E-state index < -0.39 is 5.51 Å². The lowest BCUT2D eigenvalue weighted by Crippen LogP contribution is -2.22. The minimum atomic E-state index is -4.13. The van der Waals surface area contributed by atoms with Crippen LogP contribution < -0.4 is 5.32 Å². The van der Waals surface area contributed by atoms with Crippen LogP contribution in [0.1, 0.15) is 18.7 Å². The molecule has 0 aliphatic carbocycles. The first-order chi connectivity index (χ1) is 6.99. The van der Waals surface area contributed by atoms with E-state index >= 15 is 0 Å². The Kier molecular flexibility index (Phi) is 4.88. The highest BCUT2D eigenvalue weighted by molar-refractivity contribution is 8.00. The first-order valence-corrected chi connectivity index (χ1v) is 6.24. The maximum Gasteiger partial charge on any atom is 0.441 e. The van der Waals surface area contributed by atoms with Gasteiger partial charge in [0, 0.05) is 23.7 Å². The molecule has 1 N–H and O–H groups in total. The molecule has 7 heteroatoms. The lowest BCUT2D eigenvalue weighted by Gasteiger charge is -2.11. The number of alkyl halides is 3. The summed E-state index contributed by atoms with van der Waals surface area (Å²) < 4.78 is 35.3. The van der Waals surface area contributed by atoms with Crippen LogP contribution in [0.3, 0.4) is 0 Å². The molecule has 1 unspecified atom stereocenters. The summed E-state index contributed by atoms with van der Waals surface area (Å²) in [5.74, 6) is 0.0258. The molecule has 15 heavy (non-hydrogen) atoms. The number of hydrogen-bond donors (Lipinski definition) is 1. The lowest BCUT2D eigenvalue weighted by atomic mass is 10.3. The van der Waals surface area contributed by atoms with Gasteiger partial charge in [0.05, 0.1) is 11.2 Å². The van der Waals surface area contributed by atoms with Gasteiger partial charge in [0.2, 0.25) is 0 Å². The Morgan fingerprint density at radius 1 is 1.60 bits per heavy atom. The number of thioether (sulfide) groups is 1. The number of thiazole rings is 1. The van der Waals surface area contributed by atoms with Crippen LogP contribution in [0.2, 0.25) is 0 Å². The quantitative estimate of drug-likeness (QED) is 0.820. The topological polar surface area (TPSA) is 24.9 Å². The molecule has 0 saturated heterocycles. The molecule has 1 heterocycles. The van der Waals surface area contributed by atoms with Crippen molar-refractivity contribution in [2.75, 3.05) is 12.3 Å². The minimum absolute atomic E-state index is 0.00471. The first-order valence-electron chi connectivity index (χ1n) is 4.31. The monoisotopic (exact) mass is 256 g/mol. The zero-order chi connectivity index (χ0) is 11.3. The molecule has 1 aromatic rings. The second-order valence-corrected chi connectivity index (χ2v) is 4.76. The molecule has 0 aliphatic heterocycles. The molecule has 0 aliphatic rings. The number of hydrogen-bond acceptors (Lipinski definition) is 4. The summed E-state index contributed by atoms with van der Waals surface area (Å²) in [5, 5.41) is 4.86. The molecule has 0 amide bonds. The fraction of sp³-hybridized carbons (Fsp3) is 0.625. The van der Waals surface area contributed by atoms with Gasteiger partial charge in [0.1, 0.15) is 0 Å². The highest BCUT2D eigenvalue weighted by Gasteiger charge is 2.27. The highest BCUT2D eigenvalue weighted by atomic mass is 32.2. The summed E-state index contributed by atoms with van der Waals surface area (Å²) >= 11 is 1.47. The van der Waals surface area contributed by atoms with Gasteiger partial charge >= 0.3 is 5.51 Å². The van der Waals surface area contributed by atoms with E-state index in [0.29, 0.717) is 6.54 Å². The molecule has 1 atom stereocenters. The Morgan fingerprint density at radius 3 is 2.87 bits per heavy atom. The van der Waals surface area contributed by atoms with E-state index in [1.54, 1.807) is 5.51 Å². The van der Waals surface area contributed by atoms with Crippen LogP contribution in [0.5, 0.6) is 0 Å². The van der Waals surface area contributed by atoms with Crippen molar-refractivity contribution in [3.8, 4) is 0 Å². The molecule has 0 saturated carbocycles. The summed E-state index contributed by atoms with van der Waals surface area (Å²) in [4.78, 5) is 4.07. The van der Waals surface area contributed by atoms with Gasteiger partial charge in [0.25, 0.3) is 0 Å². The van der Waals surface area contributed by atoms with Crippen LogP contribution >= 0.6 is 23.1 Å². The third-order valence-electron chi connectivity index (χ3n) is 1.71. The average Bonchev–Trinajstić information content (AvgIpc) is 2.63. The molecule has 0 radical (unpaired) electrons. The van der Waals surface area contributed by atoms with E-state index in [0.717, 1.165) is 5.69 Å². The van der Waals surface area contributed by atoms with Crippen molar-refractivity contribution in [1.82, 2.24) is 10.3 Å².